The van der Waals surface area contributed by atoms with E-state index in [1.165, 1.54) is 24.3 Å². The van der Waals surface area contributed by atoms with E-state index in [4.69, 9.17) is 0 Å². The average Bonchev–Trinajstić information content (AvgIpc) is 2.55. The SMILES string of the molecule is O=C1/C(=C\c2ccc(F)cc2)CNC/C1=C\c1ccc(F)cc1. The van der Waals surface area contributed by atoms with Gasteiger partial charge >= 0.3 is 0 Å². The van der Waals surface area contributed by atoms with Gasteiger partial charge in [0.25, 0.3) is 0 Å². The van der Waals surface area contributed by atoms with E-state index in [-0.39, 0.29) is 17.4 Å². The Labute approximate surface area is 133 Å². The molecular formula is C19H15F2NO. The minimum absolute atomic E-state index is 0.0441. The number of Topliss-reactive ketones (excluding diaryl/α,β-unsaturated/α-hetero) is 1. The Kier molecular flexibility index (Phi) is 4.44. The van der Waals surface area contributed by atoms with Crippen molar-refractivity contribution in [2.24, 2.45) is 0 Å². The lowest BCUT2D eigenvalue weighted by atomic mass is 9.95. The maximum absolute atomic E-state index is 12.9. The minimum atomic E-state index is -0.308. The van der Waals surface area contributed by atoms with Gasteiger partial charge in [-0.3, -0.25) is 4.79 Å². The Bertz CT molecular complexity index is 709. The summed E-state index contributed by atoms with van der Waals surface area (Å²) in [7, 11) is 0. The number of halogens is 2. The quantitative estimate of drug-likeness (QED) is 0.859. The number of carbonyl (C=O) groups excluding carboxylic acids is 1. The van der Waals surface area contributed by atoms with E-state index >= 15 is 0 Å². The van der Waals surface area contributed by atoms with Crippen LogP contribution in [0.3, 0.4) is 0 Å². The molecule has 0 spiro atoms. The van der Waals surface area contributed by atoms with Gasteiger partial charge < -0.3 is 5.32 Å². The first-order chi connectivity index (χ1) is 11.1. The zero-order valence-corrected chi connectivity index (χ0v) is 12.4. The van der Waals surface area contributed by atoms with E-state index < -0.39 is 0 Å². The Balaban J connectivity index is 1.86. The Hall–Kier alpha value is -2.59. The van der Waals surface area contributed by atoms with Crippen molar-refractivity contribution in [1.29, 1.82) is 0 Å². The second-order valence-corrected chi connectivity index (χ2v) is 5.37. The molecule has 0 aromatic heterocycles. The highest BCUT2D eigenvalue weighted by Gasteiger charge is 2.20. The molecule has 1 aliphatic rings. The van der Waals surface area contributed by atoms with Crippen LogP contribution in [0, 0.1) is 11.6 Å². The molecule has 1 N–H and O–H groups in total. The van der Waals surface area contributed by atoms with Gasteiger partial charge in [0.1, 0.15) is 11.6 Å². The third-order valence-electron chi connectivity index (χ3n) is 3.64. The fourth-order valence-electron chi connectivity index (χ4n) is 2.45. The predicted molar refractivity (Wildman–Crippen MR) is 86.6 cm³/mol. The number of carbonyl (C=O) groups is 1. The van der Waals surface area contributed by atoms with Crippen molar-refractivity contribution in [1.82, 2.24) is 5.32 Å². The molecule has 2 aromatic rings. The molecule has 23 heavy (non-hydrogen) atoms. The van der Waals surface area contributed by atoms with Gasteiger partial charge in [-0.1, -0.05) is 24.3 Å². The maximum Gasteiger partial charge on any atom is 0.187 e. The smallest absolute Gasteiger partial charge is 0.187 e. The van der Waals surface area contributed by atoms with Crippen LogP contribution in [-0.2, 0) is 4.79 Å². The molecule has 0 amide bonds. The first kappa shape index (κ1) is 15.3. The number of ketones is 1. The van der Waals surface area contributed by atoms with Gasteiger partial charge in [0.2, 0.25) is 0 Å². The van der Waals surface area contributed by atoms with Gasteiger partial charge in [0, 0.05) is 24.2 Å². The molecule has 116 valence electrons. The van der Waals surface area contributed by atoms with E-state index in [1.807, 2.05) is 0 Å². The molecule has 0 bridgehead atoms. The molecule has 0 saturated carbocycles. The molecule has 1 fully saturated rings. The molecule has 3 rings (SSSR count). The summed E-state index contributed by atoms with van der Waals surface area (Å²) in [4.78, 5) is 12.5. The zero-order chi connectivity index (χ0) is 16.2. The molecule has 2 aromatic carbocycles. The van der Waals surface area contributed by atoms with E-state index in [0.717, 1.165) is 11.1 Å². The molecule has 0 aliphatic carbocycles. The van der Waals surface area contributed by atoms with Gasteiger partial charge in [-0.25, -0.2) is 8.78 Å². The largest absolute Gasteiger partial charge is 0.308 e. The molecule has 1 heterocycles. The summed E-state index contributed by atoms with van der Waals surface area (Å²) in [5, 5.41) is 3.17. The molecule has 2 nitrogen and oxygen atoms in total. The van der Waals surface area contributed by atoms with Crippen LogP contribution >= 0.6 is 0 Å². The first-order valence-electron chi connectivity index (χ1n) is 7.29. The minimum Gasteiger partial charge on any atom is -0.308 e. The summed E-state index contributed by atoms with van der Waals surface area (Å²) in [5.74, 6) is -0.660. The van der Waals surface area contributed by atoms with Crippen molar-refractivity contribution in [3.63, 3.8) is 0 Å². The van der Waals surface area contributed by atoms with Crippen LogP contribution in [0.5, 0.6) is 0 Å². The van der Waals surface area contributed by atoms with Crippen LogP contribution in [0.4, 0.5) is 8.78 Å². The van der Waals surface area contributed by atoms with Crippen LogP contribution < -0.4 is 5.32 Å². The second-order valence-electron chi connectivity index (χ2n) is 5.37. The summed E-state index contributed by atoms with van der Waals surface area (Å²) in [5.41, 5.74) is 2.80. The number of nitrogens with one attached hydrogen (secondary N) is 1. The normalized spacial score (nSPS) is 18.6. The molecular weight excluding hydrogens is 296 g/mol. The van der Waals surface area contributed by atoms with Crippen molar-refractivity contribution < 1.29 is 13.6 Å². The van der Waals surface area contributed by atoms with Crippen molar-refractivity contribution in [3.05, 3.63) is 82.4 Å². The van der Waals surface area contributed by atoms with E-state index in [9.17, 15) is 13.6 Å². The molecule has 1 saturated heterocycles. The fourth-order valence-corrected chi connectivity index (χ4v) is 2.45. The monoisotopic (exact) mass is 311 g/mol. The predicted octanol–water partition coefficient (Wildman–Crippen LogP) is 3.60. The zero-order valence-electron chi connectivity index (χ0n) is 12.4. The van der Waals surface area contributed by atoms with Crippen LogP contribution in [0.15, 0.2) is 59.7 Å². The standard InChI is InChI=1S/C19H15F2NO/c20-17-5-1-13(2-6-17)9-15-11-22-12-16(19(15)23)10-14-3-7-18(21)8-4-14/h1-10,22H,11-12H2/b15-9-,16-10+. The van der Waals surface area contributed by atoms with Crippen molar-refractivity contribution in [2.45, 2.75) is 0 Å². The Morgan fingerprint density at radius 2 is 1.13 bits per heavy atom. The van der Waals surface area contributed by atoms with Crippen LogP contribution in [0.2, 0.25) is 0 Å². The van der Waals surface area contributed by atoms with E-state index in [2.05, 4.69) is 5.32 Å². The first-order valence-corrected chi connectivity index (χ1v) is 7.29. The molecule has 0 atom stereocenters. The fraction of sp³-hybridized carbons (Fsp3) is 0.105. The van der Waals surface area contributed by atoms with Gasteiger partial charge in [-0.2, -0.15) is 0 Å². The average molecular weight is 311 g/mol. The van der Waals surface area contributed by atoms with Gasteiger partial charge in [-0.15, -0.1) is 0 Å². The summed E-state index contributed by atoms with van der Waals surface area (Å²) in [6.45, 7) is 0.938. The highest BCUT2D eigenvalue weighted by Crippen LogP contribution is 2.18. The third-order valence-corrected chi connectivity index (χ3v) is 3.64. The van der Waals surface area contributed by atoms with Crippen molar-refractivity contribution in [3.8, 4) is 0 Å². The third kappa shape index (κ3) is 3.79. The van der Waals surface area contributed by atoms with Crippen LogP contribution in [-0.4, -0.2) is 18.9 Å². The summed E-state index contributed by atoms with van der Waals surface area (Å²) >= 11 is 0. The molecule has 0 radical (unpaired) electrons. The Morgan fingerprint density at radius 1 is 0.739 bits per heavy atom. The molecule has 4 heteroatoms. The molecule has 1 aliphatic heterocycles. The lowest BCUT2D eigenvalue weighted by molar-refractivity contribution is -0.112. The number of hydrogen-bond donors (Lipinski definition) is 1. The van der Waals surface area contributed by atoms with Gasteiger partial charge in [-0.05, 0) is 47.5 Å². The van der Waals surface area contributed by atoms with Crippen LogP contribution in [0.1, 0.15) is 11.1 Å². The van der Waals surface area contributed by atoms with Crippen molar-refractivity contribution in [2.75, 3.05) is 13.1 Å². The van der Waals surface area contributed by atoms with Crippen molar-refractivity contribution >= 4 is 17.9 Å². The van der Waals surface area contributed by atoms with Crippen LogP contribution in [0.25, 0.3) is 12.2 Å². The molecule has 0 unspecified atom stereocenters. The summed E-state index contributed by atoms with van der Waals surface area (Å²) in [6, 6.07) is 12.0. The number of hydrogen-bond acceptors (Lipinski definition) is 2. The summed E-state index contributed by atoms with van der Waals surface area (Å²) < 4.78 is 25.9. The summed E-state index contributed by atoms with van der Waals surface area (Å²) in [6.07, 6.45) is 3.51. The highest BCUT2D eigenvalue weighted by molar-refractivity contribution is 6.14. The maximum atomic E-state index is 12.9. The van der Waals surface area contributed by atoms with Gasteiger partial charge in [0.15, 0.2) is 5.78 Å². The number of piperidine rings is 1. The number of benzene rings is 2. The highest BCUT2D eigenvalue weighted by atomic mass is 19.1. The second kappa shape index (κ2) is 6.67. The van der Waals surface area contributed by atoms with E-state index in [1.54, 1.807) is 36.4 Å². The topological polar surface area (TPSA) is 29.1 Å². The lowest BCUT2D eigenvalue weighted by Crippen LogP contribution is -2.32. The Morgan fingerprint density at radius 3 is 1.52 bits per heavy atom. The lowest BCUT2D eigenvalue weighted by Gasteiger charge is -2.18. The number of rotatable bonds is 2. The van der Waals surface area contributed by atoms with E-state index in [0.29, 0.717) is 24.2 Å². The van der Waals surface area contributed by atoms with Gasteiger partial charge in [0.05, 0.1) is 0 Å².